The Morgan fingerprint density at radius 2 is 1.65 bits per heavy atom. The van der Waals surface area contributed by atoms with Gasteiger partial charge in [-0.3, -0.25) is 0 Å². The Morgan fingerprint density at radius 1 is 1.00 bits per heavy atom. The summed E-state index contributed by atoms with van der Waals surface area (Å²) in [6.45, 7) is 0. The molecule has 0 amide bonds. The third-order valence-electron chi connectivity index (χ3n) is 2.21. The van der Waals surface area contributed by atoms with Crippen molar-refractivity contribution in [2.45, 2.75) is 0 Å². The first-order valence-corrected chi connectivity index (χ1v) is 6.65. The number of rotatable bonds is 2. The highest BCUT2D eigenvalue weighted by Gasteiger charge is 2.13. The number of aromatic amines is 1. The highest BCUT2D eigenvalue weighted by atomic mass is 32.1. The van der Waals surface area contributed by atoms with Gasteiger partial charge in [0.1, 0.15) is 11.4 Å². The topological polar surface area (TPSA) is 58.6 Å². The largest absolute Gasteiger partial charge is 0.361 e. The van der Waals surface area contributed by atoms with Gasteiger partial charge in [0.25, 0.3) is 0 Å². The van der Waals surface area contributed by atoms with Crippen LogP contribution >= 0.6 is 22.7 Å². The molecule has 0 aliphatic rings. The second-order valence-electron chi connectivity index (χ2n) is 3.29. The van der Waals surface area contributed by atoms with Crippen LogP contribution in [0.4, 0.5) is 0 Å². The molecule has 84 valence electrons. The third-order valence-corrected chi connectivity index (χ3v) is 3.96. The Morgan fingerprint density at radius 3 is 2.24 bits per heavy atom. The number of hydrogen-bond acceptors (Lipinski definition) is 5. The summed E-state index contributed by atoms with van der Waals surface area (Å²) in [5.74, 6) is 0. The molecular weight excluding hydrogens is 254 g/mol. The molecule has 6 heteroatoms. The van der Waals surface area contributed by atoms with Crippen LogP contribution in [0.2, 0.25) is 0 Å². The van der Waals surface area contributed by atoms with E-state index in [0.29, 0.717) is 5.69 Å². The summed E-state index contributed by atoms with van der Waals surface area (Å²) in [6, 6.07) is 7.78. The lowest BCUT2D eigenvalue weighted by Gasteiger charge is -2.01. The predicted molar refractivity (Wildman–Crippen MR) is 69.3 cm³/mol. The van der Waals surface area contributed by atoms with E-state index in [-0.39, 0.29) is 0 Å². The minimum absolute atomic E-state index is 0.422. The van der Waals surface area contributed by atoms with E-state index in [1.807, 2.05) is 35.0 Å². The van der Waals surface area contributed by atoms with E-state index >= 15 is 0 Å². The summed E-state index contributed by atoms with van der Waals surface area (Å²) >= 11 is 3.12. The summed E-state index contributed by atoms with van der Waals surface area (Å²) in [5, 5.41) is 10.4. The van der Waals surface area contributed by atoms with Crippen LogP contribution in [0, 0.1) is 0 Å². The Bertz CT molecular complexity index is 671. The molecule has 4 nitrogen and oxygen atoms in total. The van der Waals surface area contributed by atoms with Gasteiger partial charge in [0, 0.05) is 0 Å². The minimum Gasteiger partial charge on any atom is -0.244 e. The van der Waals surface area contributed by atoms with Crippen molar-refractivity contribution in [2.75, 3.05) is 0 Å². The smallest absolute Gasteiger partial charge is 0.244 e. The number of hydrogen-bond donors (Lipinski definition) is 1. The molecule has 0 fully saturated rings. The van der Waals surface area contributed by atoms with Gasteiger partial charge in [-0.2, -0.15) is 10.1 Å². The summed E-state index contributed by atoms with van der Waals surface area (Å²) in [5.41, 5.74) is 0.946. The molecule has 0 bridgehead atoms. The molecule has 0 aliphatic heterocycles. The Kier molecular flexibility index (Phi) is 2.58. The molecule has 1 N–H and O–H groups in total. The molecule has 0 atom stereocenters. The van der Waals surface area contributed by atoms with Gasteiger partial charge in [-0.25, -0.2) is 9.89 Å². The maximum Gasteiger partial charge on any atom is 0.361 e. The van der Waals surface area contributed by atoms with Crippen LogP contribution in [0.15, 0.2) is 39.8 Å². The normalized spacial score (nSPS) is 10.6. The van der Waals surface area contributed by atoms with E-state index in [2.05, 4.69) is 15.2 Å². The van der Waals surface area contributed by atoms with Crippen LogP contribution in [-0.4, -0.2) is 15.2 Å². The summed E-state index contributed by atoms with van der Waals surface area (Å²) in [7, 11) is 0. The first kappa shape index (κ1) is 10.4. The lowest BCUT2D eigenvalue weighted by atomic mass is 10.2. The van der Waals surface area contributed by atoms with Crippen LogP contribution in [0.1, 0.15) is 0 Å². The predicted octanol–water partition coefficient (Wildman–Crippen LogP) is 2.62. The van der Waals surface area contributed by atoms with Gasteiger partial charge in [0.2, 0.25) is 0 Å². The number of H-pyrrole nitrogens is 1. The number of nitrogens with one attached hydrogen (secondary N) is 1. The fourth-order valence-corrected chi connectivity index (χ4v) is 2.94. The SMILES string of the molecule is O=c1nc(-c2cccs2)c(-c2cccs2)n[nH]1. The summed E-state index contributed by atoms with van der Waals surface area (Å²) < 4.78 is 0. The van der Waals surface area contributed by atoms with Gasteiger partial charge < -0.3 is 0 Å². The number of nitrogens with zero attached hydrogens (tertiary/aromatic N) is 2. The van der Waals surface area contributed by atoms with E-state index < -0.39 is 5.69 Å². The highest BCUT2D eigenvalue weighted by molar-refractivity contribution is 7.14. The van der Waals surface area contributed by atoms with E-state index in [1.165, 1.54) is 0 Å². The molecule has 0 spiro atoms. The van der Waals surface area contributed by atoms with Crippen LogP contribution in [-0.2, 0) is 0 Å². The molecule has 0 radical (unpaired) electrons. The molecule has 0 unspecified atom stereocenters. The van der Waals surface area contributed by atoms with Gasteiger partial charge >= 0.3 is 5.69 Å². The van der Waals surface area contributed by atoms with Gasteiger partial charge in [-0.05, 0) is 22.9 Å². The first-order valence-electron chi connectivity index (χ1n) is 4.89. The maximum atomic E-state index is 11.3. The van der Waals surface area contributed by atoms with Crippen molar-refractivity contribution in [1.29, 1.82) is 0 Å². The fourth-order valence-electron chi connectivity index (χ4n) is 1.51. The zero-order chi connectivity index (χ0) is 11.7. The summed E-state index contributed by atoms with van der Waals surface area (Å²) in [6.07, 6.45) is 0. The van der Waals surface area contributed by atoms with Crippen molar-refractivity contribution < 1.29 is 0 Å². The van der Waals surface area contributed by atoms with Gasteiger partial charge in [-0.1, -0.05) is 12.1 Å². The second-order valence-corrected chi connectivity index (χ2v) is 5.19. The van der Waals surface area contributed by atoms with Crippen molar-refractivity contribution >= 4 is 22.7 Å². The van der Waals surface area contributed by atoms with Crippen molar-refractivity contribution in [3.05, 3.63) is 45.5 Å². The summed E-state index contributed by atoms with van der Waals surface area (Å²) in [4.78, 5) is 17.2. The van der Waals surface area contributed by atoms with Crippen LogP contribution in [0.5, 0.6) is 0 Å². The average molecular weight is 261 g/mol. The molecule has 3 rings (SSSR count). The monoisotopic (exact) mass is 261 g/mol. The molecule has 0 aliphatic carbocycles. The molecule has 3 aromatic heterocycles. The van der Waals surface area contributed by atoms with Crippen LogP contribution in [0.3, 0.4) is 0 Å². The minimum atomic E-state index is -0.422. The number of aromatic nitrogens is 3. The molecule has 0 saturated heterocycles. The quantitative estimate of drug-likeness (QED) is 0.771. The van der Waals surface area contributed by atoms with E-state index in [4.69, 9.17) is 0 Å². The van der Waals surface area contributed by atoms with Crippen LogP contribution < -0.4 is 5.69 Å². The van der Waals surface area contributed by atoms with E-state index in [1.54, 1.807) is 22.7 Å². The van der Waals surface area contributed by atoms with Gasteiger partial charge in [-0.15, -0.1) is 22.7 Å². The highest BCUT2D eigenvalue weighted by Crippen LogP contribution is 2.32. The lowest BCUT2D eigenvalue weighted by Crippen LogP contribution is -2.13. The van der Waals surface area contributed by atoms with E-state index in [0.717, 1.165) is 15.4 Å². The zero-order valence-electron chi connectivity index (χ0n) is 8.58. The third kappa shape index (κ3) is 1.92. The molecular formula is C11H7N3OS2. The molecule has 17 heavy (non-hydrogen) atoms. The van der Waals surface area contributed by atoms with Crippen molar-refractivity contribution in [3.8, 4) is 21.1 Å². The standard InChI is InChI=1S/C11H7N3OS2/c15-11-12-9(7-3-1-5-16-7)10(13-14-11)8-4-2-6-17-8/h1-6H,(H,12,14,15). The van der Waals surface area contributed by atoms with Crippen LogP contribution in [0.25, 0.3) is 21.1 Å². The molecule has 0 aromatic carbocycles. The average Bonchev–Trinajstić information content (AvgIpc) is 3.02. The maximum absolute atomic E-state index is 11.3. The number of thiophene rings is 2. The van der Waals surface area contributed by atoms with Gasteiger partial charge in [0.05, 0.1) is 9.75 Å². The Hall–Kier alpha value is -1.79. The Balaban J connectivity index is 2.26. The van der Waals surface area contributed by atoms with Crippen molar-refractivity contribution in [3.63, 3.8) is 0 Å². The fraction of sp³-hybridized carbons (Fsp3) is 0. The lowest BCUT2D eigenvalue weighted by molar-refractivity contribution is 0.929. The molecule has 3 heterocycles. The van der Waals surface area contributed by atoms with Gasteiger partial charge in [0.15, 0.2) is 0 Å². The first-order chi connectivity index (χ1) is 8.34. The molecule has 0 saturated carbocycles. The van der Waals surface area contributed by atoms with Crippen molar-refractivity contribution in [1.82, 2.24) is 15.2 Å². The van der Waals surface area contributed by atoms with E-state index in [9.17, 15) is 4.79 Å². The zero-order valence-corrected chi connectivity index (χ0v) is 10.2. The Labute approximate surface area is 105 Å². The van der Waals surface area contributed by atoms with Crippen molar-refractivity contribution in [2.24, 2.45) is 0 Å². The second kappa shape index (κ2) is 4.23. The molecule has 3 aromatic rings.